The lowest BCUT2D eigenvalue weighted by Crippen LogP contribution is -2.45. The number of carbonyl (C=O) groups excluding carboxylic acids is 2. The van der Waals surface area contributed by atoms with E-state index in [1.807, 2.05) is 18.2 Å². The van der Waals surface area contributed by atoms with E-state index in [1.165, 1.54) is 17.7 Å². The summed E-state index contributed by atoms with van der Waals surface area (Å²) in [5.41, 5.74) is 2.78. The van der Waals surface area contributed by atoms with Gasteiger partial charge in [-0.3, -0.25) is 14.5 Å². The molecule has 0 aromatic heterocycles. The number of halogens is 1. The van der Waals surface area contributed by atoms with E-state index in [0.29, 0.717) is 12.1 Å². The lowest BCUT2D eigenvalue weighted by Gasteiger charge is -2.35. The minimum atomic E-state index is -0.386. The van der Waals surface area contributed by atoms with Crippen molar-refractivity contribution in [3.63, 3.8) is 0 Å². The van der Waals surface area contributed by atoms with Gasteiger partial charge in [0.25, 0.3) is 0 Å². The molecule has 166 valence electrons. The molecule has 2 N–H and O–H groups in total. The molecule has 7 heteroatoms. The molecule has 1 aliphatic rings. The fourth-order valence-corrected chi connectivity index (χ4v) is 3.87. The van der Waals surface area contributed by atoms with Crippen LogP contribution in [-0.2, 0) is 33.8 Å². The number of benzene rings is 2. The first kappa shape index (κ1) is 22.9. The molecule has 3 rings (SSSR count). The van der Waals surface area contributed by atoms with Crippen LogP contribution in [0.3, 0.4) is 0 Å². The zero-order valence-electron chi connectivity index (χ0n) is 18.1. The Hall–Kier alpha value is -2.77. The van der Waals surface area contributed by atoms with Gasteiger partial charge < -0.3 is 15.4 Å². The molecule has 6 nitrogen and oxygen atoms in total. The molecule has 0 radical (unpaired) electrons. The Morgan fingerprint density at radius 1 is 1.00 bits per heavy atom. The highest BCUT2D eigenvalue weighted by Gasteiger charge is 2.22. The summed E-state index contributed by atoms with van der Waals surface area (Å²) in [4.78, 5) is 26.6. The van der Waals surface area contributed by atoms with Crippen LogP contribution in [0.1, 0.15) is 30.5 Å². The van der Waals surface area contributed by atoms with Crippen molar-refractivity contribution in [2.45, 2.75) is 45.6 Å². The molecule has 2 atom stereocenters. The number of nitrogens with one attached hydrogen (secondary N) is 2. The Morgan fingerprint density at radius 3 is 2.42 bits per heavy atom. The van der Waals surface area contributed by atoms with Gasteiger partial charge in [-0.05, 0) is 42.7 Å². The summed E-state index contributed by atoms with van der Waals surface area (Å²) >= 11 is 0. The van der Waals surface area contributed by atoms with Gasteiger partial charge in [0.2, 0.25) is 11.8 Å². The molecule has 1 saturated heterocycles. The van der Waals surface area contributed by atoms with Crippen LogP contribution in [0, 0.1) is 5.82 Å². The Bertz CT molecular complexity index is 895. The van der Waals surface area contributed by atoms with E-state index in [4.69, 9.17) is 4.74 Å². The van der Waals surface area contributed by atoms with Gasteiger partial charge >= 0.3 is 0 Å². The fourth-order valence-electron chi connectivity index (χ4n) is 3.87. The van der Waals surface area contributed by atoms with E-state index in [9.17, 15) is 14.0 Å². The zero-order chi connectivity index (χ0) is 22.2. The van der Waals surface area contributed by atoms with Crippen LogP contribution >= 0.6 is 0 Å². The van der Waals surface area contributed by atoms with Crippen LogP contribution in [-0.4, -0.2) is 48.6 Å². The average molecular weight is 428 g/mol. The summed E-state index contributed by atoms with van der Waals surface area (Å²) < 4.78 is 19.0. The molecule has 1 fully saturated rings. The van der Waals surface area contributed by atoms with Crippen molar-refractivity contribution in [3.05, 3.63) is 71.0 Å². The van der Waals surface area contributed by atoms with Crippen molar-refractivity contribution >= 4 is 11.8 Å². The largest absolute Gasteiger partial charge is 0.373 e. The normalized spacial score (nSPS) is 19.1. The van der Waals surface area contributed by atoms with Crippen LogP contribution < -0.4 is 10.6 Å². The second-order valence-corrected chi connectivity index (χ2v) is 8.08. The molecule has 1 heterocycles. The second-order valence-electron chi connectivity index (χ2n) is 8.08. The molecule has 2 aromatic rings. The molecule has 2 amide bonds. The first-order valence-electron chi connectivity index (χ1n) is 10.6. The third-order valence-corrected chi connectivity index (χ3v) is 5.18. The van der Waals surface area contributed by atoms with Crippen LogP contribution in [0.25, 0.3) is 0 Å². The lowest BCUT2D eigenvalue weighted by atomic mass is 10.1. The maximum absolute atomic E-state index is 13.2. The van der Waals surface area contributed by atoms with Crippen molar-refractivity contribution in [3.8, 4) is 0 Å². The second kappa shape index (κ2) is 11.0. The van der Waals surface area contributed by atoms with Gasteiger partial charge in [-0.1, -0.05) is 36.4 Å². The summed E-state index contributed by atoms with van der Waals surface area (Å²) in [6.45, 7) is 6.99. The Balaban J connectivity index is 1.46. The van der Waals surface area contributed by atoms with E-state index in [1.54, 1.807) is 12.1 Å². The van der Waals surface area contributed by atoms with Gasteiger partial charge in [0.15, 0.2) is 0 Å². The minimum absolute atomic E-state index is 0.0320. The average Bonchev–Trinajstić information content (AvgIpc) is 2.71. The maximum Gasteiger partial charge on any atom is 0.239 e. The molecule has 2 aromatic carbocycles. The van der Waals surface area contributed by atoms with Crippen molar-refractivity contribution in [2.75, 3.05) is 19.6 Å². The molecule has 0 saturated carbocycles. The Morgan fingerprint density at radius 2 is 1.71 bits per heavy atom. The van der Waals surface area contributed by atoms with Gasteiger partial charge in [0, 0.05) is 26.2 Å². The van der Waals surface area contributed by atoms with Gasteiger partial charge in [-0.15, -0.1) is 0 Å². The molecule has 31 heavy (non-hydrogen) atoms. The van der Waals surface area contributed by atoms with E-state index in [-0.39, 0.29) is 42.8 Å². The van der Waals surface area contributed by atoms with Crippen molar-refractivity contribution in [1.29, 1.82) is 0 Å². The van der Waals surface area contributed by atoms with E-state index < -0.39 is 0 Å². The summed E-state index contributed by atoms with van der Waals surface area (Å²) in [7, 11) is 0. The highest BCUT2D eigenvalue weighted by Crippen LogP contribution is 2.17. The predicted octanol–water partition coefficient (Wildman–Crippen LogP) is 2.41. The third kappa shape index (κ3) is 7.45. The highest BCUT2D eigenvalue weighted by molar-refractivity contribution is 5.85. The topological polar surface area (TPSA) is 70.7 Å². The van der Waals surface area contributed by atoms with Crippen LogP contribution in [0.15, 0.2) is 48.5 Å². The summed E-state index contributed by atoms with van der Waals surface area (Å²) in [6.07, 6.45) is 0.433. The van der Waals surface area contributed by atoms with Gasteiger partial charge in [0.05, 0.1) is 25.2 Å². The summed E-state index contributed by atoms with van der Waals surface area (Å²) in [5.74, 6) is -0.976. The predicted molar refractivity (Wildman–Crippen MR) is 117 cm³/mol. The van der Waals surface area contributed by atoms with E-state index >= 15 is 0 Å². The monoisotopic (exact) mass is 427 g/mol. The minimum Gasteiger partial charge on any atom is -0.373 e. The van der Waals surface area contributed by atoms with Crippen molar-refractivity contribution < 1.29 is 18.7 Å². The molecule has 0 bridgehead atoms. The number of ether oxygens (including phenoxy) is 1. The van der Waals surface area contributed by atoms with Crippen LogP contribution in [0.5, 0.6) is 0 Å². The van der Waals surface area contributed by atoms with Crippen LogP contribution in [0.2, 0.25) is 0 Å². The number of amides is 2. The smallest absolute Gasteiger partial charge is 0.239 e. The molecule has 2 unspecified atom stereocenters. The molecular weight excluding hydrogens is 397 g/mol. The number of rotatable bonds is 8. The zero-order valence-corrected chi connectivity index (χ0v) is 18.1. The Kier molecular flexibility index (Phi) is 8.14. The number of hydrogen-bond donors (Lipinski definition) is 2. The first-order valence-corrected chi connectivity index (χ1v) is 10.6. The van der Waals surface area contributed by atoms with Crippen molar-refractivity contribution in [2.24, 2.45) is 0 Å². The summed E-state index contributed by atoms with van der Waals surface area (Å²) in [5, 5.41) is 5.45. The van der Waals surface area contributed by atoms with E-state index in [0.717, 1.165) is 25.2 Å². The lowest BCUT2D eigenvalue weighted by molar-refractivity contribution is -0.125. The van der Waals surface area contributed by atoms with E-state index in [2.05, 4.69) is 35.4 Å². The summed E-state index contributed by atoms with van der Waals surface area (Å²) in [6, 6.07) is 13.9. The van der Waals surface area contributed by atoms with Gasteiger partial charge in [-0.2, -0.15) is 0 Å². The standard InChI is InChI=1S/C24H30FN3O3/c1-17-14-28(15-18(2)31-17)16-21-8-4-3-7-20(21)12-26-24(30)13-27-23(29)11-19-6-5-9-22(25)10-19/h3-10,17-18H,11-16H2,1-2H3,(H,26,30)(H,27,29). The fraction of sp³-hybridized carbons (Fsp3) is 0.417. The molecule has 1 aliphatic heterocycles. The third-order valence-electron chi connectivity index (χ3n) is 5.18. The SMILES string of the molecule is CC1CN(Cc2ccccc2CNC(=O)CNC(=O)Cc2cccc(F)c2)CC(C)O1. The van der Waals surface area contributed by atoms with Gasteiger partial charge in [0.1, 0.15) is 5.82 Å². The Labute approximate surface area is 182 Å². The highest BCUT2D eigenvalue weighted by atomic mass is 19.1. The quantitative estimate of drug-likeness (QED) is 0.679. The molecule has 0 aliphatic carbocycles. The maximum atomic E-state index is 13.2. The molecule has 0 spiro atoms. The molecular formula is C24H30FN3O3. The number of nitrogens with zero attached hydrogens (tertiary/aromatic N) is 1. The number of hydrogen-bond acceptors (Lipinski definition) is 4. The van der Waals surface area contributed by atoms with Crippen LogP contribution in [0.4, 0.5) is 4.39 Å². The number of morpholine rings is 1. The first-order chi connectivity index (χ1) is 14.9. The number of carbonyl (C=O) groups is 2. The van der Waals surface area contributed by atoms with Crippen molar-refractivity contribution in [1.82, 2.24) is 15.5 Å². The van der Waals surface area contributed by atoms with Gasteiger partial charge in [-0.25, -0.2) is 4.39 Å².